The molecule has 0 unspecified atom stereocenters. The van der Waals surface area contributed by atoms with E-state index in [1.807, 2.05) is 6.07 Å². The van der Waals surface area contributed by atoms with Gasteiger partial charge in [0.05, 0.1) is 21.8 Å². The fourth-order valence-electron chi connectivity index (χ4n) is 1.65. The number of aromatic nitrogens is 1. The van der Waals surface area contributed by atoms with Crippen molar-refractivity contribution >= 4 is 33.2 Å². The Hall–Kier alpha value is -1.77. The molecule has 0 fully saturated rings. The molecule has 4 nitrogen and oxygen atoms in total. The minimum Gasteiger partial charge on any atom is -0.394 e. The number of anilines is 1. The fourth-order valence-corrected chi connectivity index (χ4v) is 2.38. The number of nitrogens with zero attached hydrogens (tertiary/aromatic N) is 2. The van der Waals surface area contributed by atoms with Crippen LogP contribution in [0.2, 0.25) is 5.02 Å². The van der Waals surface area contributed by atoms with E-state index in [4.69, 9.17) is 22.6 Å². The van der Waals surface area contributed by atoms with Crippen molar-refractivity contribution in [3.8, 4) is 6.07 Å². The third kappa shape index (κ3) is 2.98. The monoisotopic (exact) mass is 337 g/mol. The SMILES string of the molecule is N#Cc1ccc(Cn2cc(N)c(=O)c(Br)c2)c(Cl)c1. The van der Waals surface area contributed by atoms with Crippen molar-refractivity contribution < 1.29 is 0 Å². The smallest absolute Gasteiger partial charge is 0.218 e. The molecule has 1 aromatic carbocycles. The summed E-state index contributed by atoms with van der Waals surface area (Å²) >= 11 is 9.26. The lowest BCUT2D eigenvalue weighted by molar-refractivity contribution is 0.787. The van der Waals surface area contributed by atoms with Crippen molar-refractivity contribution in [1.29, 1.82) is 5.26 Å². The van der Waals surface area contributed by atoms with E-state index in [9.17, 15) is 4.79 Å². The molecular weight excluding hydrogens is 330 g/mol. The number of nitriles is 1. The molecule has 0 radical (unpaired) electrons. The Kier molecular flexibility index (Phi) is 3.93. The van der Waals surface area contributed by atoms with Gasteiger partial charge in [-0.2, -0.15) is 5.26 Å². The summed E-state index contributed by atoms with van der Waals surface area (Å²) in [5.74, 6) is 0. The van der Waals surface area contributed by atoms with Crippen LogP contribution in [-0.4, -0.2) is 4.57 Å². The summed E-state index contributed by atoms with van der Waals surface area (Å²) in [6, 6.07) is 7.11. The van der Waals surface area contributed by atoms with Crippen molar-refractivity contribution in [2.24, 2.45) is 0 Å². The maximum Gasteiger partial charge on any atom is 0.218 e. The summed E-state index contributed by atoms with van der Waals surface area (Å²) in [7, 11) is 0. The van der Waals surface area contributed by atoms with E-state index in [2.05, 4.69) is 15.9 Å². The van der Waals surface area contributed by atoms with Crippen LogP contribution in [0.4, 0.5) is 5.69 Å². The van der Waals surface area contributed by atoms with Gasteiger partial charge in [0.15, 0.2) is 0 Å². The van der Waals surface area contributed by atoms with Gasteiger partial charge in [0.1, 0.15) is 0 Å². The molecule has 0 saturated heterocycles. The van der Waals surface area contributed by atoms with Crippen LogP contribution < -0.4 is 11.2 Å². The zero-order valence-corrected chi connectivity index (χ0v) is 12.1. The van der Waals surface area contributed by atoms with Crippen LogP contribution in [-0.2, 0) is 6.54 Å². The molecule has 1 aromatic heterocycles. The number of rotatable bonds is 2. The van der Waals surface area contributed by atoms with Gasteiger partial charge in [-0.3, -0.25) is 4.79 Å². The van der Waals surface area contributed by atoms with Crippen molar-refractivity contribution in [2.75, 3.05) is 5.73 Å². The van der Waals surface area contributed by atoms with Crippen LogP contribution in [0.3, 0.4) is 0 Å². The molecule has 19 heavy (non-hydrogen) atoms. The molecule has 0 aliphatic rings. The first-order valence-electron chi connectivity index (χ1n) is 5.35. The van der Waals surface area contributed by atoms with Gasteiger partial charge in [0.25, 0.3) is 0 Å². The van der Waals surface area contributed by atoms with Crippen LogP contribution in [0, 0.1) is 11.3 Å². The number of benzene rings is 1. The van der Waals surface area contributed by atoms with Gasteiger partial charge in [-0.15, -0.1) is 0 Å². The highest BCUT2D eigenvalue weighted by Gasteiger charge is 2.06. The largest absolute Gasteiger partial charge is 0.394 e. The number of halogens is 2. The second-order valence-corrected chi connectivity index (χ2v) is 5.24. The van der Waals surface area contributed by atoms with E-state index in [1.54, 1.807) is 35.2 Å². The molecule has 2 aromatic rings. The Labute approximate surface area is 123 Å². The molecule has 0 spiro atoms. The average Bonchev–Trinajstić information content (AvgIpc) is 2.38. The van der Waals surface area contributed by atoms with Gasteiger partial charge in [-0.1, -0.05) is 17.7 Å². The number of hydrogen-bond donors (Lipinski definition) is 1. The van der Waals surface area contributed by atoms with Crippen LogP contribution in [0.5, 0.6) is 0 Å². The zero-order chi connectivity index (χ0) is 14.0. The summed E-state index contributed by atoms with van der Waals surface area (Å²) < 4.78 is 2.16. The van der Waals surface area contributed by atoms with Gasteiger partial charge in [0.2, 0.25) is 5.43 Å². The molecule has 1 heterocycles. The third-order valence-corrected chi connectivity index (χ3v) is 3.51. The fraction of sp³-hybridized carbons (Fsp3) is 0.0769. The molecule has 0 bridgehead atoms. The van der Waals surface area contributed by atoms with Gasteiger partial charge in [-0.05, 0) is 33.6 Å². The standard InChI is InChI=1S/C13H9BrClN3O/c14-10-6-18(7-12(17)13(10)19)5-9-2-1-8(4-16)3-11(9)15/h1-3,6-7H,5,17H2. The Balaban J connectivity index is 2.37. The number of pyridine rings is 1. The van der Waals surface area contributed by atoms with Gasteiger partial charge >= 0.3 is 0 Å². The van der Waals surface area contributed by atoms with E-state index in [1.165, 1.54) is 0 Å². The predicted octanol–water partition coefficient (Wildman–Crippen LogP) is 2.77. The highest BCUT2D eigenvalue weighted by atomic mass is 79.9. The molecule has 0 amide bonds. The number of nitrogens with two attached hydrogens (primary N) is 1. The zero-order valence-electron chi connectivity index (χ0n) is 9.73. The molecule has 0 saturated carbocycles. The molecule has 6 heteroatoms. The van der Waals surface area contributed by atoms with Gasteiger partial charge < -0.3 is 10.3 Å². The summed E-state index contributed by atoms with van der Waals surface area (Å²) in [5.41, 5.74) is 6.90. The second-order valence-electron chi connectivity index (χ2n) is 3.98. The number of hydrogen-bond acceptors (Lipinski definition) is 3. The van der Waals surface area contributed by atoms with Gasteiger partial charge in [-0.25, -0.2) is 0 Å². The highest BCUT2D eigenvalue weighted by Crippen LogP contribution is 2.19. The van der Waals surface area contributed by atoms with E-state index >= 15 is 0 Å². The van der Waals surface area contributed by atoms with E-state index in [-0.39, 0.29) is 11.1 Å². The van der Waals surface area contributed by atoms with E-state index < -0.39 is 0 Å². The predicted molar refractivity (Wildman–Crippen MR) is 78.1 cm³/mol. The minimum absolute atomic E-state index is 0.166. The Morgan fingerprint density at radius 1 is 1.42 bits per heavy atom. The van der Waals surface area contributed by atoms with Crippen LogP contribution >= 0.6 is 27.5 Å². The number of nitrogen functional groups attached to an aromatic ring is 1. The Bertz CT molecular complexity index is 707. The molecule has 0 atom stereocenters. The van der Waals surface area contributed by atoms with Crippen LogP contribution in [0.1, 0.15) is 11.1 Å². The van der Waals surface area contributed by atoms with Gasteiger partial charge in [0, 0.05) is 24.0 Å². The third-order valence-electron chi connectivity index (χ3n) is 2.60. The van der Waals surface area contributed by atoms with Crippen LogP contribution in [0.25, 0.3) is 0 Å². The van der Waals surface area contributed by atoms with Crippen molar-refractivity contribution in [3.63, 3.8) is 0 Å². The van der Waals surface area contributed by atoms with E-state index in [0.29, 0.717) is 21.6 Å². The first-order chi connectivity index (χ1) is 9.01. The molecule has 96 valence electrons. The second kappa shape index (κ2) is 5.47. The summed E-state index contributed by atoms with van der Waals surface area (Å²) in [6.07, 6.45) is 3.20. The normalized spacial score (nSPS) is 10.2. The van der Waals surface area contributed by atoms with Crippen molar-refractivity contribution in [1.82, 2.24) is 4.57 Å². The van der Waals surface area contributed by atoms with E-state index in [0.717, 1.165) is 5.56 Å². The molecule has 0 aliphatic heterocycles. The maximum absolute atomic E-state index is 11.5. The first-order valence-corrected chi connectivity index (χ1v) is 6.52. The molecule has 2 rings (SSSR count). The van der Waals surface area contributed by atoms with Crippen molar-refractivity contribution in [3.05, 3.63) is 61.4 Å². The van der Waals surface area contributed by atoms with Crippen LogP contribution in [0.15, 0.2) is 39.9 Å². The Morgan fingerprint density at radius 3 is 2.74 bits per heavy atom. The lowest BCUT2D eigenvalue weighted by Crippen LogP contribution is -2.13. The quantitative estimate of drug-likeness (QED) is 0.915. The minimum atomic E-state index is -0.234. The lowest BCUT2D eigenvalue weighted by Gasteiger charge is -2.10. The Morgan fingerprint density at radius 2 is 2.16 bits per heavy atom. The molecule has 2 N–H and O–H groups in total. The first kappa shape index (κ1) is 13.7. The lowest BCUT2D eigenvalue weighted by atomic mass is 10.1. The topological polar surface area (TPSA) is 71.8 Å². The highest BCUT2D eigenvalue weighted by molar-refractivity contribution is 9.10. The molecule has 0 aliphatic carbocycles. The summed E-state index contributed by atoms with van der Waals surface area (Å²) in [6.45, 7) is 0.466. The summed E-state index contributed by atoms with van der Waals surface area (Å²) in [5, 5.41) is 9.28. The summed E-state index contributed by atoms with van der Waals surface area (Å²) in [4.78, 5) is 11.5. The average molecular weight is 339 g/mol. The molecular formula is C13H9BrClN3O. The maximum atomic E-state index is 11.5. The van der Waals surface area contributed by atoms with Crippen molar-refractivity contribution in [2.45, 2.75) is 6.54 Å².